The lowest BCUT2D eigenvalue weighted by atomic mass is 10.0. The zero-order valence-electron chi connectivity index (χ0n) is 10.1. The summed E-state index contributed by atoms with van der Waals surface area (Å²) in [6, 6.07) is 1.56. The first-order valence-electron chi connectivity index (χ1n) is 5.59. The fourth-order valence-corrected chi connectivity index (χ4v) is 1.72. The number of pyridine rings is 1. The van der Waals surface area contributed by atoms with Crippen LogP contribution < -0.4 is 11.5 Å². The summed E-state index contributed by atoms with van der Waals surface area (Å²) in [7, 11) is 0. The average Bonchev–Trinajstić information content (AvgIpc) is 2.53. The molecule has 92 valence electrons. The molecule has 1 aliphatic rings. The van der Waals surface area contributed by atoms with Gasteiger partial charge in [-0.25, -0.2) is 4.98 Å². The minimum atomic E-state index is 0.338. The van der Waals surface area contributed by atoms with Crippen LogP contribution in [0.3, 0.4) is 0 Å². The van der Waals surface area contributed by atoms with Crippen molar-refractivity contribution in [2.75, 3.05) is 11.5 Å². The van der Waals surface area contributed by atoms with Crippen molar-refractivity contribution in [3.05, 3.63) is 41.2 Å². The maximum absolute atomic E-state index is 8.19. The van der Waals surface area contributed by atoms with E-state index in [0.717, 1.165) is 11.3 Å². The molecule has 5 N–H and O–H groups in total. The molecule has 1 aromatic rings. The average molecular weight is 241 g/mol. The molecular weight excluding hydrogens is 226 g/mol. The zero-order valence-corrected chi connectivity index (χ0v) is 10.1. The van der Waals surface area contributed by atoms with Gasteiger partial charge in [-0.3, -0.25) is 10.4 Å². The number of aromatic nitrogens is 1. The smallest absolute Gasteiger partial charge is 0.125 e. The molecule has 5 heteroatoms. The maximum Gasteiger partial charge on any atom is 0.125 e. The largest absolute Gasteiger partial charge is 0.398 e. The highest BCUT2D eigenvalue weighted by molar-refractivity contribution is 6.15. The molecule has 2 heterocycles. The normalized spacial score (nSPS) is 14.7. The van der Waals surface area contributed by atoms with Crippen LogP contribution in [0.5, 0.6) is 0 Å². The molecule has 5 nitrogen and oxygen atoms in total. The lowest BCUT2D eigenvalue weighted by Crippen LogP contribution is -2.08. The minimum absolute atomic E-state index is 0.338. The third-order valence-electron chi connectivity index (χ3n) is 2.62. The van der Waals surface area contributed by atoms with E-state index in [1.165, 1.54) is 6.20 Å². The van der Waals surface area contributed by atoms with Gasteiger partial charge in [0.2, 0.25) is 0 Å². The van der Waals surface area contributed by atoms with Gasteiger partial charge in [-0.15, -0.1) is 0 Å². The Morgan fingerprint density at radius 1 is 1.39 bits per heavy atom. The molecule has 0 saturated heterocycles. The lowest BCUT2D eigenvalue weighted by molar-refractivity contribution is 1.30. The fraction of sp³-hybridized carbons (Fsp3) is 0.154. The molecule has 1 aliphatic heterocycles. The van der Waals surface area contributed by atoms with Gasteiger partial charge in [0.25, 0.3) is 0 Å². The van der Waals surface area contributed by atoms with Crippen LogP contribution in [0.1, 0.15) is 18.9 Å². The van der Waals surface area contributed by atoms with Crippen LogP contribution in [-0.2, 0) is 0 Å². The molecule has 0 fully saturated rings. The van der Waals surface area contributed by atoms with E-state index in [4.69, 9.17) is 16.9 Å². The Hall–Kier alpha value is -2.43. The summed E-state index contributed by atoms with van der Waals surface area (Å²) in [6.07, 6.45) is 7.85. The number of nitrogens with two attached hydrogens (primary N) is 2. The second kappa shape index (κ2) is 4.83. The van der Waals surface area contributed by atoms with Gasteiger partial charge < -0.3 is 11.5 Å². The van der Waals surface area contributed by atoms with Crippen molar-refractivity contribution < 1.29 is 0 Å². The van der Waals surface area contributed by atoms with Gasteiger partial charge >= 0.3 is 0 Å². The van der Waals surface area contributed by atoms with Crippen LogP contribution in [0, 0.1) is 5.41 Å². The van der Waals surface area contributed by atoms with Gasteiger partial charge in [0.15, 0.2) is 0 Å². The van der Waals surface area contributed by atoms with Gasteiger partial charge in [0, 0.05) is 41.8 Å². The molecule has 0 amide bonds. The van der Waals surface area contributed by atoms with Gasteiger partial charge in [-0.2, -0.15) is 0 Å². The Kier molecular flexibility index (Phi) is 3.23. The molecule has 0 aromatic carbocycles. The highest BCUT2D eigenvalue weighted by Gasteiger charge is 2.11. The van der Waals surface area contributed by atoms with Crippen molar-refractivity contribution in [2.24, 2.45) is 4.99 Å². The molecule has 0 unspecified atom stereocenters. The number of hydrogen-bond acceptors (Lipinski definition) is 5. The van der Waals surface area contributed by atoms with Crippen LogP contribution in [-0.4, -0.2) is 16.9 Å². The third kappa shape index (κ3) is 2.45. The van der Waals surface area contributed by atoms with Crippen molar-refractivity contribution in [2.45, 2.75) is 13.3 Å². The van der Waals surface area contributed by atoms with E-state index in [1.807, 2.05) is 25.3 Å². The van der Waals surface area contributed by atoms with Crippen molar-refractivity contribution in [1.29, 1.82) is 5.41 Å². The predicted octanol–water partition coefficient (Wildman–Crippen LogP) is 1.92. The monoisotopic (exact) mass is 241 g/mol. The van der Waals surface area contributed by atoms with E-state index in [2.05, 4.69) is 9.98 Å². The van der Waals surface area contributed by atoms with E-state index >= 15 is 0 Å². The van der Waals surface area contributed by atoms with Crippen molar-refractivity contribution in [1.82, 2.24) is 4.98 Å². The molecule has 1 aromatic heterocycles. The highest BCUT2D eigenvalue weighted by Crippen LogP contribution is 2.20. The number of hydrogen-bond donors (Lipinski definition) is 3. The first-order valence-corrected chi connectivity index (χ1v) is 5.59. The molecule has 0 aliphatic carbocycles. The summed E-state index contributed by atoms with van der Waals surface area (Å²) in [5, 5.41) is 8.19. The number of allylic oxidation sites excluding steroid dienone is 4. The summed E-state index contributed by atoms with van der Waals surface area (Å²) in [5.41, 5.74) is 14.5. The van der Waals surface area contributed by atoms with Gasteiger partial charge in [0.05, 0.1) is 5.71 Å². The SMILES string of the molecule is CC1=CC(C(=N)c2cnc(N)cc2N)=CCC=N1. The van der Waals surface area contributed by atoms with Crippen LogP contribution >= 0.6 is 0 Å². The first kappa shape index (κ1) is 12.0. The molecule has 0 bridgehead atoms. The summed E-state index contributed by atoms with van der Waals surface area (Å²) in [5.74, 6) is 0.356. The van der Waals surface area contributed by atoms with E-state index < -0.39 is 0 Å². The number of rotatable bonds is 2. The number of aliphatic imine (C=N–C) groups is 1. The second-order valence-corrected chi connectivity index (χ2v) is 4.06. The number of nitrogen functional groups attached to an aromatic ring is 2. The molecule has 0 spiro atoms. The number of nitrogens with zero attached hydrogens (tertiary/aromatic N) is 2. The van der Waals surface area contributed by atoms with Gasteiger partial charge in [-0.1, -0.05) is 6.08 Å². The highest BCUT2D eigenvalue weighted by atomic mass is 14.8. The predicted molar refractivity (Wildman–Crippen MR) is 74.8 cm³/mol. The van der Waals surface area contributed by atoms with E-state index in [1.54, 1.807) is 6.07 Å². The van der Waals surface area contributed by atoms with E-state index in [9.17, 15) is 0 Å². The Bertz CT molecular complexity index is 581. The maximum atomic E-state index is 8.19. The lowest BCUT2D eigenvalue weighted by Gasteiger charge is -2.08. The zero-order chi connectivity index (χ0) is 13.1. The van der Waals surface area contributed by atoms with Crippen molar-refractivity contribution in [3.8, 4) is 0 Å². The van der Waals surface area contributed by atoms with Crippen LogP contribution in [0.2, 0.25) is 0 Å². The van der Waals surface area contributed by atoms with Crippen molar-refractivity contribution in [3.63, 3.8) is 0 Å². The van der Waals surface area contributed by atoms with Crippen molar-refractivity contribution >= 4 is 23.4 Å². The molecule has 0 radical (unpaired) electrons. The van der Waals surface area contributed by atoms with E-state index in [-0.39, 0.29) is 0 Å². The first-order chi connectivity index (χ1) is 8.58. The Morgan fingerprint density at radius 2 is 2.17 bits per heavy atom. The molecule has 0 saturated carbocycles. The van der Waals surface area contributed by atoms with Crippen LogP contribution in [0.25, 0.3) is 0 Å². The summed E-state index contributed by atoms with van der Waals surface area (Å²) in [4.78, 5) is 8.18. The Balaban J connectivity index is 2.37. The van der Waals surface area contributed by atoms with Crippen LogP contribution in [0.15, 0.2) is 40.7 Å². The standard InChI is InChI=1S/C13H15N5/c1-8-5-9(3-2-4-17-8)13(16)10-7-18-12(15)6-11(10)14/h3-7,16H,2H2,1H3,(H4,14,15,18). The third-order valence-corrected chi connectivity index (χ3v) is 2.62. The quantitative estimate of drug-likeness (QED) is 0.689. The Morgan fingerprint density at radius 3 is 2.89 bits per heavy atom. The molecule has 2 rings (SSSR count). The minimum Gasteiger partial charge on any atom is -0.398 e. The van der Waals surface area contributed by atoms with Crippen LogP contribution in [0.4, 0.5) is 11.5 Å². The van der Waals surface area contributed by atoms with Gasteiger partial charge in [-0.05, 0) is 18.6 Å². The second-order valence-electron chi connectivity index (χ2n) is 4.06. The topological polar surface area (TPSA) is 101 Å². The van der Waals surface area contributed by atoms with E-state index in [0.29, 0.717) is 29.2 Å². The number of anilines is 2. The summed E-state index contributed by atoms with van der Waals surface area (Å²) >= 11 is 0. The Labute approximate surface area is 105 Å². The summed E-state index contributed by atoms with van der Waals surface area (Å²) in [6.45, 7) is 1.90. The molecular formula is C13H15N5. The van der Waals surface area contributed by atoms with Gasteiger partial charge in [0.1, 0.15) is 5.82 Å². The molecule has 18 heavy (non-hydrogen) atoms. The number of nitrogens with one attached hydrogen (secondary N) is 1. The molecule has 0 atom stereocenters. The fourth-order valence-electron chi connectivity index (χ4n) is 1.72. The summed E-state index contributed by atoms with van der Waals surface area (Å²) < 4.78 is 0.